The molecule has 1 N–H and O–H groups in total. The molecule has 0 aliphatic heterocycles. The van der Waals surface area contributed by atoms with E-state index >= 15 is 0 Å². The zero-order valence-electron chi connectivity index (χ0n) is 11.8. The van der Waals surface area contributed by atoms with Crippen molar-refractivity contribution in [2.75, 3.05) is 20.8 Å². The molecule has 0 amide bonds. The lowest BCUT2D eigenvalue weighted by molar-refractivity contribution is -0.147. The van der Waals surface area contributed by atoms with Crippen LogP contribution in [0.25, 0.3) is 10.4 Å². The Balaban J connectivity index is 2.74. The molecular weight excluding hydrogens is 260 g/mol. The van der Waals surface area contributed by atoms with Crippen LogP contribution in [0.2, 0.25) is 0 Å². The van der Waals surface area contributed by atoms with Crippen LogP contribution < -0.4 is 10.1 Å². The van der Waals surface area contributed by atoms with Gasteiger partial charge < -0.3 is 9.47 Å². The first-order valence-electron chi connectivity index (χ1n) is 6.03. The van der Waals surface area contributed by atoms with E-state index in [2.05, 4.69) is 15.3 Å². The lowest BCUT2D eigenvalue weighted by Gasteiger charge is -2.26. The molecule has 0 radical (unpaired) electrons. The van der Waals surface area contributed by atoms with Crippen LogP contribution in [-0.4, -0.2) is 32.3 Å². The molecular formula is C13H18N4O3. The molecule has 20 heavy (non-hydrogen) atoms. The number of hydrogen-bond acceptors (Lipinski definition) is 5. The van der Waals surface area contributed by atoms with E-state index in [1.54, 1.807) is 14.0 Å². The van der Waals surface area contributed by atoms with Crippen LogP contribution in [0.15, 0.2) is 29.4 Å². The summed E-state index contributed by atoms with van der Waals surface area (Å²) >= 11 is 0. The Bertz CT molecular complexity index is 497. The number of benzene rings is 1. The molecule has 1 aromatic carbocycles. The lowest BCUT2D eigenvalue weighted by Crippen LogP contribution is -2.52. The van der Waals surface area contributed by atoms with Gasteiger partial charge in [0.25, 0.3) is 0 Å². The van der Waals surface area contributed by atoms with Crippen molar-refractivity contribution in [1.29, 1.82) is 0 Å². The van der Waals surface area contributed by atoms with E-state index in [-0.39, 0.29) is 6.54 Å². The quantitative estimate of drug-likeness (QED) is 0.357. The van der Waals surface area contributed by atoms with E-state index in [1.165, 1.54) is 7.11 Å². The van der Waals surface area contributed by atoms with Gasteiger partial charge in [-0.3, -0.25) is 10.1 Å². The van der Waals surface area contributed by atoms with Crippen LogP contribution in [0, 0.1) is 0 Å². The summed E-state index contributed by atoms with van der Waals surface area (Å²) in [5.41, 5.74) is 8.31. The predicted molar refractivity (Wildman–Crippen MR) is 74.3 cm³/mol. The van der Waals surface area contributed by atoms with Crippen molar-refractivity contribution >= 4 is 5.97 Å². The highest BCUT2D eigenvalue weighted by atomic mass is 16.5. The van der Waals surface area contributed by atoms with Gasteiger partial charge in [-0.25, -0.2) is 0 Å². The highest BCUT2D eigenvalue weighted by Crippen LogP contribution is 2.13. The number of ether oxygens (including phenoxy) is 2. The number of azide groups is 1. The molecule has 0 saturated heterocycles. The van der Waals surface area contributed by atoms with Crippen LogP contribution >= 0.6 is 0 Å². The first kappa shape index (κ1) is 15.8. The van der Waals surface area contributed by atoms with Crippen molar-refractivity contribution in [2.45, 2.75) is 19.0 Å². The topological polar surface area (TPSA) is 96.3 Å². The molecule has 0 heterocycles. The van der Waals surface area contributed by atoms with Gasteiger partial charge in [0.15, 0.2) is 0 Å². The molecule has 0 aliphatic rings. The van der Waals surface area contributed by atoms with Crippen molar-refractivity contribution in [3.63, 3.8) is 0 Å². The van der Waals surface area contributed by atoms with Gasteiger partial charge in [0.1, 0.15) is 11.3 Å². The third-order valence-corrected chi connectivity index (χ3v) is 2.93. The fraction of sp³-hybridized carbons (Fsp3) is 0.462. The number of esters is 1. The molecule has 0 unspecified atom stereocenters. The van der Waals surface area contributed by atoms with Crippen LogP contribution in [0.1, 0.15) is 12.5 Å². The minimum absolute atomic E-state index is 0.0215. The van der Waals surface area contributed by atoms with E-state index in [0.29, 0.717) is 6.54 Å². The second kappa shape index (κ2) is 7.37. The Kier molecular flexibility index (Phi) is 5.83. The number of hydrogen-bond donors (Lipinski definition) is 1. The molecule has 1 rings (SSSR count). The normalized spacial score (nSPS) is 12.9. The minimum atomic E-state index is -1.05. The van der Waals surface area contributed by atoms with Crippen LogP contribution in [0.5, 0.6) is 5.75 Å². The maximum atomic E-state index is 11.8. The molecule has 1 atom stereocenters. The second-order valence-electron chi connectivity index (χ2n) is 4.41. The average Bonchev–Trinajstić information content (AvgIpc) is 2.50. The SMILES string of the molecule is COC(=O)[C@](C)(CN=[N+]=[N-])NCc1ccc(OC)cc1. The summed E-state index contributed by atoms with van der Waals surface area (Å²) < 4.78 is 9.81. The fourth-order valence-corrected chi connectivity index (χ4v) is 1.63. The van der Waals surface area contributed by atoms with E-state index in [9.17, 15) is 4.79 Å². The Morgan fingerprint density at radius 1 is 1.40 bits per heavy atom. The number of nitrogens with zero attached hydrogens (tertiary/aromatic N) is 3. The highest BCUT2D eigenvalue weighted by molar-refractivity contribution is 5.80. The molecule has 7 heteroatoms. The summed E-state index contributed by atoms with van der Waals surface area (Å²) in [7, 11) is 2.90. The molecule has 7 nitrogen and oxygen atoms in total. The summed E-state index contributed by atoms with van der Waals surface area (Å²) in [5.74, 6) is 0.289. The van der Waals surface area contributed by atoms with Gasteiger partial charge in [-0.1, -0.05) is 17.2 Å². The number of nitrogens with one attached hydrogen (secondary N) is 1. The Morgan fingerprint density at radius 3 is 2.55 bits per heavy atom. The molecule has 0 aliphatic carbocycles. The molecule has 0 saturated carbocycles. The Morgan fingerprint density at radius 2 is 2.05 bits per heavy atom. The van der Waals surface area contributed by atoms with Crippen molar-refractivity contribution < 1.29 is 14.3 Å². The van der Waals surface area contributed by atoms with Gasteiger partial charge in [-0.05, 0) is 30.2 Å². The van der Waals surface area contributed by atoms with Gasteiger partial charge in [0, 0.05) is 11.5 Å². The average molecular weight is 278 g/mol. The molecule has 0 bridgehead atoms. The highest BCUT2D eigenvalue weighted by Gasteiger charge is 2.33. The zero-order valence-corrected chi connectivity index (χ0v) is 11.8. The van der Waals surface area contributed by atoms with Crippen LogP contribution in [0.4, 0.5) is 0 Å². The summed E-state index contributed by atoms with van der Waals surface area (Å²) in [6.45, 7) is 2.06. The summed E-state index contributed by atoms with van der Waals surface area (Å²) in [5, 5.41) is 6.50. The fourth-order valence-electron chi connectivity index (χ4n) is 1.63. The van der Waals surface area contributed by atoms with E-state index in [4.69, 9.17) is 15.0 Å². The summed E-state index contributed by atoms with van der Waals surface area (Å²) in [6, 6.07) is 7.44. The monoisotopic (exact) mass is 278 g/mol. The van der Waals surface area contributed by atoms with Crippen molar-refractivity contribution in [2.24, 2.45) is 5.11 Å². The first-order valence-corrected chi connectivity index (χ1v) is 6.03. The Labute approximate surface area is 117 Å². The third kappa shape index (κ3) is 4.15. The zero-order chi connectivity index (χ0) is 15.0. The van der Waals surface area contributed by atoms with Crippen molar-refractivity contribution in [3.05, 3.63) is 40.3 Å². The van der Waals surface area contributed by atoms with Gasteiger partial charge in [-0.2, -0.15) is 0 Å². The summed E-state index contributed by atoms with van der Waals surface area (Å²) in [4.78, 5) is 14.4. The lowest BCUT2D eigenvalue weighted by atomic mass is 10.0. The Hall–Kier alpha value is -2.24. The molecule has 108 valence electrons. The number of carbonyl (C=O) groups is 1. The molecule has 0 aromatic heterocycles. The minimum Gasteiger partial charge on any atom is -0.497 e. The summed E-state index contributed by atoms with van der Waals surface area (Å²) in [6.07, 6.45) is 0. The van der Waals surface area contributed by atoms with Crippen LogP contribution in [0.3, 0.4) is 0 Å². The number of rotatable bonds is 7. The van der Waals surface area contributed by atoms with Gasteiger partial charge in [0.05, 0.1) is 20.8 Å². The first-order chi connectivity index (χ1) is 9.55. The number of methoxy groups -OCH3 is 2. The largest absolute Gasteiger partial charge is 0.497 e. The van der Waals surface area contributed by atoms with E-state index < -0.39 is 11.5 Å². The van der Waals surface area contributed by atoms with Crippen molar-refractivity contribution in [3.8, 4) is 5.75 Å². The van der Waals surface area contributed by atoms with E-state index in [1.807, 2.05) is 24.3 Å². The maximum absolute atomic E-state index is 11.8. The van der Waals surface area contributed by atoms with Crippen LogP contribution in [-0.2, 0) is 16.1 Å². The molecule has 0 fully saturated rings. The number of carbonyl (C=O) groups excluding carboxylic acids is 1. The van der Waals surface area contributed by atoms with Gasteiger partial charge in [-0.15, -0.1) is 0 Å². The van der Waals surface area contributed by atoms with Crippen molar-refractivity contribution in [1.82, 2.24) is 5.32 Å². The maximum Gasteiger partial charge on any atom is 0.325 e. The van der Waals surface area contributed by atoms with Gasteiger partial charge >= 0.3 is 5.97 Å². The molecule has 1 aromatic rings. The second-order valence-corrected chi connectivity index (χ2v) is 4.41. The molecule has 0 spiro atoms. The standard InChI is InChI=1S/C13H18N4O3/c1-13(9-16-17-14,12(18)20-3)15-8-10-4-6-11(19-2)7-5-10/h4-7,15H,8-9H2,1-3H3/t13-/m0/s1. The van der Waals surface area contributed by atoms with Gasteiger partial charge in [0.2, 0.25) is 0 Å². The third-order valence-electron chi connectivity index (χ3n) is 2.93. The smallest absolute Gasteiger partial charge is 0.325 e. The van der Waals surface area contributed by atoms with E-state index in [0.717, 1.165) is 11.3 Å². The predicted octanol–water partition coefficient (Wildman–Crippen LogP) is 2.03.